The van der Waals surface area contributed by atoms with Crippen LogP contribution in [0.2, 0.25) is 0 Å². The Labute approximate surface area is 235 Å². The number of alkyl halides is 5. The summed E-state index contributed by atoms with van der Waals surface area (Å²) in [6.07, 6.45) is 5.07. The van der Waals surface area contributed by atoms with E-state index < -0.39 is 29.5 Å². The largest absolute Gasteiger partial charge is 0.416 e. The van der Waals surface area contributed by atoms with Gasteiger partial charge in [-0.25, -0.2) is 8.78 Å². The Morgan fingerprint density at radius 3 is 2.54 bits per heavy atom. The van der Waals surface area contributed by atoms with Crippen LogP contribution in [0.5, 0.6) is 0 Å². The first-order valence-electron chi connectivity index (χ1n) is 14.2. The molecular formula is C30H34F5N5O. The number of fused-ring (bicyclic) bond motifs is 1. The predicted molar refractivity (Wildman–Crippen MR) is 142 cm³/mol. The van der Waals surface area contributed by atoms with Crippen LogP contribution in [-0.4, -0.2) is 49.5 Å². The van der Waals surface area contributed by atoms with Gasteiger partial charge in [0.05, 0.1) is 12.1 Å². The van der Waals surface area contributed by atoms with E-state index in [1.807, 2.05) is 29.8 Å². The lowest BCUT2D eigenvalue weighted by Crippen LogP contribution is -2.48. The number of amides is 1. The second-order valence-electron chi connectivity index (χ2n) is 12.5. The Morgan fingerprint density at radius 1 is 1.15 bits per heavy atom. The van der Waals surface area contributed by atoms with Crippen molar-refractivity contribution in [2.45, 2.75) is 70.1 Å². The van der Waals surface area contributed by atoms with Crippen molar-refractivity contribution >= 4 is 5.91 Å². The Bertz CT molecular complexity index is 1420. The second-order valence-corrected chi connectivity index (χ2v) is 12.5. The minimum Gasteiger partial charge on any atom is -0.320 e. The lowest BCUT2D eigenvalue weighted by molar-refractivity contribution is -0.138. The number of rotatable bonds is 5. The van der Waals surface area contributed by atoms with Crippen molar-refractivity contribution in [2.75, 3.05) is 13.1 Å². The summed E-state index contributed by atoms with van der Waals surface area (Å²) in [5.74, 6) is -2.74. The molecule has 2 aliphatic heterocycles. The van der Waals surface area contributed by atoms with Crippen molar-refractivity contribution in [2.24, 2.45) is 24.8 Å². The molecule has 0 bridgehead atoms. The molecule has 1 saturated heterocycles. The molecule has 1 unspecified atom stereocenters. The highest BCUT2D eigenvalue weighted by atomic mass is 19.4. The number of hydrogen-bond acceptors (Lipinski definition) is 4. The van der Waals surface area contributed by atoms with Gasteiger partial charge in [0.25, 0.3) is 11.8 Å². The molecule has 3 heterocycles. The predicted octanol–water partition coefficient (Wildman–Crippen LogP) is 6.09. The molecule has 6 rings (SSSR count). The summed E-state index contributed by atoms with van der Waals surface area (Å²) in [5, 5.41) is 8.49. The number of aromatic nitrogens is 3. The van der Waals surface area contributed by atoms with Crippen molar-refractivity contribution in [1.82, 2.24) is 24.6 Å². The lowest BCUT2D eigenvalue weighted by atomic mass is 9.54. The maximum absolute atomic E-state index is 14.3. The summed E-state index contributed by atoms with van der Waals surface area (Å²) in [6.45, 7) is 3.71. The molecule has 1 aromatic carbocycles. The molecule has 11 heteroatoms. The van der Waals surface area contributed by atoms with Gasteiger partial charge in [-0.3, -0.25) is 9.69 Å². The number of piperidine rings is 1. The molecule has 0 radical (unpaired) electrons. The Kier molecular flexibility index (Phi) is 6.67. The van der Waals surface area contributed by atoms with E-state index in [2.05, 4.69) is 17.1 Å². The molecule has 1 saturated carbocycles. The fourth-order valence-electron chi connectivity index (χ4n) is 7.39. The van der Waals surface area contributed by atoms with E-state index in [4.69, 9.17) is 0 Å². The number of carbonyl (C=O) groups excluding carboxylic acids is 1. The molecule has 41 heavy (non-hydrogen) atoms. The van der Waals surface area contributed by atoms with Gasteiger partial charge in [0, 0.05) is 55.7 Å². The quantitative estimate of drug-likeness (QED) is 0.405. The first-order valence-corrected chi connectivity index (χ1v) is 14.2. The van der Waals surface area contributed by atoms with Crippen LogP contribution in [0.3, 0.4) is 0 Å². The number of halogens is 5. The zero-order valence-corrected chi connectivity index (χ0v) is 23.4. The molecule has 1 aromatic heterocycles. The van der Waals surface area contributed by atoms with Crippen LogP contribution in [0.1, 0.15) is 72.4 Å². The molecule has 2 aliphatic carbocycles. The Balaban J connectivity index is 1.30. The highest BCUT2D eigenvalue weighted by Gasteiger charge is 2.52. The average Bonchev–Trinajstić information content (AvgIpc) is 3.46. The molecule has 2 aromatic rings. The maximum Gasteiger partial charge on any atom is 0.416 e. The molecule has 6 nitrogen and oxygen atoms in total. The topological polar surface area (TPSA) is 54.3 Å². The lowest BCUT2D eigenvalue weighted by Gasteiger charge is -2.50. The normalized spacial score (nSPS) is 29.9. The van der Waals surface area contributed by atoms with Gasteiger partial charge in [-0.1, -0.05) is 26.0 Å². The number of nitrogens with zero attached hydrogens (tertiary/aromatic N) is 5. The molecule has 2 atom stereocenters. The van der Waals surface area contributed by atoms with Crippen LogP contribution in [-0.2, 0) is 31.7 Å². The van der Waals surface area contributed by atoms with Crippen LogP contribution < -0.4 is 0 Å². The summed E-state index contributed by atoms with van der Waals surface area (Å²) in [7, 11) is 1.91. The van der Waals surface area contributed by atoms with E-state index in [0.717, 1.165) is 31.2 Å². The fraction of sp³-hybridized carbons (Fsp3) is 0.567. The number of likely N-dealkylation sites (tertiary alicyclic amines) is 1. The monoisotopic (exact) mass is 575 g/mol. The number of hydrogen-bond donors (Lipinski definition) is 0. The first-order chi connectivity index (χ1) is 19.3. The van der Waals surface area contributed by atoms with Gasteiger partial charge in [0.1, 0.15) is 12.2 Å². The van der Waals surface area contributed by atoms with Crippen molar-refractivity contribution < 1.29 is 26.7 Å². The summed E-state index contributed by atoms with van der Waals surface area (Å²) in [4.78, 5) is 16.8. The smallest absolute Gasteiger partial charge is 0.320 e. The van der Waals surface area contributed by atoms with Crippen molar-refractivity contribution in [3.63, 3.8) is 0 Å². The molecule has 1 amide bonds. The molecule has 220 valence electrons. The molecule has 0 spiro atoms. The van der Waals surface area contributed by atoms with E-state index in [1.165, 1.54) is 17.9 Å². The van der Waals surface area contributed by atoms with E-state index in [-0.39, 0.29) is 55.1 Å². The van der Waals surface area contributed by atoms with E-state index in [9.17, 15) is 26.7 Å². The first kappa shape index (κ1) is 28.1. The van der Waals surface area contributed by atoms with E-state index in [1.54, 1.807) is 11.2 Å². The van der Waals surface area contributed by atoms with Crippen molar-refractivity contribution in [3.05, 3.63) is 70.5 Å². The van der Waals surface area contributed by atoms with Crippen molar-refractivity contribution in [1.29, 1.82) is 0 Å². The van der Waals surface area contributed by atoms with Crippen LogP contribution in [0.4, 0.5) is 22.0 Å². The summed E-state index contributed by atoms with van der Waals surface area (Å²) < 4.78 is 72.7. The minimum absolute atomic E-state index is 0.0231. The zero-order chi connectivity index (χ0) is 29.3. The zero-order valence-electron chi connectivity index (χ0n) is 23.4. The average molecular weight is 576 g/mol. The number of carbonyl (C=O) groups is 1. The third-order valence-electron chi connectivity index (χ3n) is 9.48. The molecule has 0 N–H and O–H groups in total. The number of aryl methyl sites for hydroxylation is 1. The van der Waals surface area contributed by atoms with Crippen LogP contribution in [0, 0.1) is 17.8 Å². The third-order valence-corrected chi connectivity index (χ3v) is 9.48. The van der Waals surface area contributed by atoms with Crippen LogP contribution in [0.15, 0.2) is 42.4 Å². The SMILES string of the molecule is C[C@@H]1CN(Cc2cc3c(c(C(F)(F)F)c2)CN(C2=CC([C@]4(c5nncn5C)C[C@@H](C)C4)CC=C2)C3=O)CCC1(F)F. The molecule has 2 fully saturated rings. The minimum atomic E-state index is -4.66. The van der Waals surface area contributed by atoms with Gasteiger partial charge in [-0.15, -0.1) is 10.2 Å². The maximum atomic E-state index is 14.3. The summed E-state index contributed by atoms with van der Waals surface area (Å²) in [5.41, 5.74) is -0.201. The van der Waals surface area contributed by atoms with Crippen LogP contribution in [0.25, 0.3) is 0 Å². The van der Waals surface area contributed by atoms with E-state index in [0.29, 0.717) is 17.2 Å². The molecule has 4 aliphatic rings. The van der Waals surface area contributed by atoms with Gasteiger partial charge < -0.3 is 9.47 Å². The van der Waals surface area contributed by atoms with Gasteiger partial charge in [-0.2, -0.15) is 13.2 Å². The van der Waals surface area contributed by atoms with Gasteiger partial charge in [0.2, 0.25) is 0 Å². The molecular weight excluding hydrogens is 541 g/mol. The standard InChI is InChI=1S/C30H34F5N5O/c1-18-12-28(13-18,27-37-36-17-38(27)3)21-5-4-6-22(11-21)40-16-24-23(26(40)41)9-20(10-25(24)30(33,34)35)15-39-8-7-29(31,32)19(2)14-39/h4,6,9-11,17-19,21H,5,7-8,12-16H2,1-3H3/t18-,19-,21?,28+/m1/s1. The van der Waals surface area contributed by atoms with Gasteiger partial charge in [0.15, 0.2) is 0 Å². The Hall–Kier alpha value is -3.08. The third kappa shape index (κ3) is 4.79. The van der Waals surface area contributed by atoms with Crippen molar-refractivity contribution in [3.8, 4) is 0 Å². The summed E-state index contributed by atoms with van der Waals surface area (Å²) in [6, 6.07) is 2.60. The number of benzene rings is 1. The van der Waals surface area contributed by atoms with Gasteiger partial charge >= 0.3 is 6.18 Å². The highest BCUT2D eigenvalue weighted by Crippen LogP contribution is 2.54. The van der Waals surface area contributed by atoms with Crippen LogP contribution >= 0.6 is 0 Å². The number of allylic oxidation sites excluding steroid dienone is 3. The van der Waals surface area contributed by atoms with Gasteiger partial charge in [-0.05, 0) is 60.4 Å². The highest BCUT2D eigenvalue weighted by molar-refractivity contribution is 6.00. The Morgan fingerprint density at radius 2 is 1.90 bits per heavy atom. The fourth-order valence-corrected chi connectivity index (χ4v) is 7.39. The van der Waals surface area contributed by atoms with E-state index >= 15 is 0 Å². The second kappa shape index (κ2) is 9.74. The summed E-state index contributed by atoms with van der Waals surface area (Å²) >= 11 is 0.